The van der Waals surface area contributed by atoms with Crippen LogP contribution in [0.2, 0.25) is 5.02 Å². The van der Waals surface area contributed by atoms with Gasteiger partial charge in [0.25, 0.3) is 0 Å². The van der Waals surface area contributed by atoms with Gasteiger partial charge in [0.2, 0.25) is 17.8 Å². The van der Waals surface area contributed by atoms with E-state index in [4.69, 9.17) is 11.6 Å². The molecule has 0 aliphatic carbocycles. The Kier molecular flexibility index (Phi) is 4.37. The predicted molar refractivity (Wildman–Crippen MR) is 103 cm³/mol. The number of hydrogen-bond donors (Lipinski definition) is 2. The van der Waals surface area contributed by atoms with Gasteiger partial charge in [0.15, 0.2) is 5.82 Å². The van der Waals surface area contributed by atoms with Gasteiger partial charge in [0.1, 0.15) is 6.04 Å². The minimum atomic E-state index is -0.781. The molecule has 136 valence electrons. The predicted octanol–water partition coefficient (Wildman–Crippen LogP) is 3.43. The topological polar surface area (TPSA) is 88.9 Å². The summed E-state index contributed by atoms with van der Waals surface area (Å²) in [4.78, 5) is 29.2. The van der Waals surface area contributed by atoms with Crippen molar-refractivity contribution in [2.45, 2.75) is 19.4 Å². The summed E-state index contributed by atoms with van der Waals surface area (Å²) < 4.78 is 1.46. The average molecular weight is 382 g/mol. The van der Waals surface area contributed by atoms with Crippen LogP contribution in [0.3, 0.4) is 0 Å². The maximum atomic E-state index is 12.7. The molecule has 0 saturated heterocycles. The third-order valence-corrected chi connectivity index (χ3v) is 4.53. The van der Waals surface area contributed by atoms with Gasteiger partial charge in [-0.3, -0.25) is 14.9 Å². The number of benzene rings is 2. The van der Waals surface area contributed by atoms with Crippen molar-refractivity contribution in [3.8, 4) is 11.4 Å². The van der Waals surface area contributed by atoms with Gasteiger partial charge in [-0.1, -0.05) is 41.4 Å². The molecule has 7 nitrogen and oxygen atoms in total. The highest BCUT2D eigenvalue weighted by atomic mass is 35.5. The second-order valence-electron chi connectivity index (χ2n) is 6.33. The Bertz CT molecular complexity index is 1010. The van der Waals surface area contributed by atoms with Gasteiger partial charge < -0.3 is 5.32 Å². The van der Waals surface area contributed by atoms with Crippen molar-refractivity contribution in [3.63, 3.8) is 0 Å². The summed E-state index contributed by atoms with van der Waals surface area (Å²) >= 11 is 5.87. The third-order valence-electron chi connectivity index (χ3n) is 4.28. The molecule has 1 aliphatic heterocycles. The number of amides is 2. The molecule has 2 heterocycles. The smallest absolute Gasteiger partial charge is 0.249 e. The zero-order valence-electron chi connectivity index (χ0n) is 14.4. The Morgan fingerprint density at radius 3 is 2.59 bits per heavy atom. The molecule has 0 bridgehead atoms. The lowest BCUT2D eigenvalue weighted by molar-refractivity contribution is -0.125. The van der Waals surface area contributed by atoms with Crippen LogP contribution in [0, 0.1) is 6.92 Å². The molecule has 1 atom stereocenters. The van der Waals surface area contributed by atoms with Crippen LogP contribution >= 0.6 is 11.6 Å². The third kappa shape index (κ3) is 3.54. The lowest BCUT2D eigenvalue weighted by atomic mass is 10.1. The first-order valence-corrected chi connectivity index (χ1v) is 8.77. The molecule has 2 aromatic carbocycles. The van der Waals surface area contributed by atoms with E-state index in [1.54, 1.807) is 24.3 Å². The largest absolute Gasteiger partial charge is 0.324 e. The monoisotopic (exact) mass is 381 g/mol. The number of rotatable bonds is 3. The van der Waals surface area contributed by atoms with Crippen molar-refractivity contribution in [1.29, 1.82) is 0 Å². The Morgan fingerprint density at radius 1 is 1.19 bits per heavy atom. The Labute approximate surface area is 160 Å². The van der Waals surface area contributed by atoms with E-state index in [-0.39, 0.29) is 24.2 Å². The Hall–Kier alpha value is -3.19. The first kappa shape index (κ1) is 17.2. The van der Waals surface area contributed by atoms with Gasteiger partial charge in [0, 0.05) is 16.3 Å². The summed E-state index contributed by atoms with van der Waals surface area (Å²) in [5, 5.41) is 10.5. The summed E-state index contributed by atoms with van der Waals surface area (Å²) in [7, 11) is 0. The number of carbonyl (C=O) groups excluding carboxylic acids is 2. The van der Waals surface area contributed by atoms with E-state index < -0.39 is 6.04 Å². The van der Waals surface area contributed by atoms with Gasteiger partial charge in [-0.15, -0.1) is 5.10 Å². The van der Waals surface area contributed by atoms with Crippen LogP contribution in [0.25, 0.3) is 11.4 Å². The fourth-order valence-corrected chi connectivity index (χ4v) is 2.98. The van der Waals surface area contributed by atoms with Crippen molar-refractivity contribution >= 4 is 35.1 Å². The molecule has 8 heteroatoms. The van der Waals surface area contributed by atoms with Crippen LogP contribution < -0.4 is 10.6 Å². The Balaban J connectivity index is 1.63. The van der Waals surface area contributed by atoms with Gasteiger partial charge in [-0.2, -0.15) is 4.98 Å². The molecule has 1 aromatic heterocycles. The molecule has 27 heavy (non-hydrogen) atoms. The number of nitrogens with zero attached hydrogens (tertiary/aromatic N) is 3. The summed E-state index contributed by atoms with van der Waals surface area (Å²) in [6.07, 6.45) is -0.0108. The first-order valence-electron chi connectivity index (χ1n) is 8.39. The summed E-state index contributed by atoms with van der Waals surface area (Å²) in [6, 6.07) is 13.7. The van der Waals surface area contributed by atoms with Crippen LogP contribution in [0.15, 0.2) is 48.5 Å². The second kappa shape index (κ2) is 6.85. The van der Waals surface area contributed by atoms with Crippen molar-refractivity contribution < 1.29 is 9.59 Å². The number of aryl methyl sites for hydroxylation is 1. The molecule has 0 spiro atoms. The van der Waals surface area contributed by atoms with E-state index in [1.165, 1.54) is 4.68 Å². The Morgan fingerprint density at radius 2 is 1.89 bits per heavy atom. The number of nitrogens with one attached hydrogen (secondary N) is 2. The van der Waals surface area contributed by atoms with Crippen molar-refractivity contribution in [2.24, 2.45) is 0 Å². The number of anilines is 2. The number of hydrogen-bond acceptors (Lipinski definition) is 4. The van der Waals surface area contributed by atoms with E-state index in [1.807, 2.05) is 31.2 Å². The molecule has 0 saturated carbocycles. The molecule has 2 N–H and O–H groups in total. The van der Waals surface area contributed by atoms with Crippen LogP contribution in [-0.2, 0) is 9.59 Å². The van der Waals surface area contributed by atoms with Crippen LogP contribution in [0.4, 0.5) is 11.6 Å². The van der Waals surface area contributed by atoms with Gasteiger partial charge >= 0.3 is 0 Å². The summed E-state index contributed by atoms with van der Waals surface area (Å²) in [5.41, 5.74) is 2.53. The number of aromatic nitrogens is 3. The highest BCUT2D eigenvalue weighted by Gasteiger charge is 2.33. The molecule has 0 fully saturated rings. The molecule has 2 amide bonds. The van der Waals surface area contributed by atoms with E-state index in [2.05, 4.69) is 20.7 Å². The van der Waals surface area contributed by atoms with Crippen LogP contribution in [0.1, 0.15) is 18.0 Å². The maximum absolute atomic E-state index is 12.7. The minimum absolute atomic E-state index is 0.0108. The van der Waals surface area contributed by atoms with E-state index in [0.29, 0.717) is 16.5 Å². The zero-order valence-corrected chi connectivity index (χ0v) is 15.2. The SMILES string of the molecule is Cc1ccc(-c2nc3n(n2)[C@H](C(=O)Nc2ccc(Cl)cc2)CC(=O)N3)cc1. The first-order chi connectivity index (χ1) is 13.0. The van der Waals surface area contributed by atoms with E-state index in [9.17, 15) is 9.59 Å². The quantitative estimate of drug-likeness (QED) is 0.727. The fourth-order valence-electron chi connectivity index (χ4n) is 2.85. The zero-order chi connectivity index (χ0) is 19.0. The second-order valence-corrected chi connectivity index (χ2v) is 6.77. The van der Waals surface area contributed by atoms with Crippen molar-refractivity contribution in [2.75, 3.05) is 10.6 Å². The molecule has 3 aromatic rings. The fraction of sp³-hybridized carbons (Fsp3) is 0.158. The van der Waals surface area contributed by atoms with Crippen molar-refractivity contribution in [3.05, 3.63) is 59.1 Å². The number of fused-ring (bicyclic) bond motifs is 1. The van der Waals surface area contributed by atoms with Crippen LogP contribution in [-0.4, -0.2) is 26.6 Å². The van der Waals surface area contributed by atoms with Gasteiger partial charge in [0.05, 0.1) is 6.42 Å². The summed E-state index contributed by atoms with van der Waals surface area (Å²) in [6.45, 7) is 1.99. The normalized spacial score (nSPS) is 15.8. The number of halogens is 1. The van der Waals surface area contributed by atoms with Crippen LogP contribution in [0.5, 0.6) is 0 Å². The molecule has 0 radical (unpaired) electrons. The maximum Gasteiger partial charge on any atom is 0.249 e. The molecule has 4 rings (SSSR count). The molecular formula is C19H16ClN5O2. The van der Waals surface area contributed by atoms with Gasteiger partial charge in [-0.05, 0) is 31.2 Å². The lowest BCUT2D eigenvalue weighted by Gasteiger charge is -2.22. The van der Waals surface area contributed by atoms with E-state index in [0.717, 1.165) is 11.1 Å². The highest BCUT2D eigenvalue weighted by Crippen LogP contribution is 2.27. The average Bonchev–Trinajstić information content (AvgIpc) is 3.07. The highest BCUT2D eigenvalue weighted by molar-refractivity contribution is 6.30. The summed E-state index contributed by atoms with van der Waals surface area (Å²) in [5.74, 6) is 0.102. The number of carbonyl (C=O) groups is 2. The van der Waals surface area contributed by atoms with Gasteiger partial charge in [-0.25, -0.2) is 4.68 Å². The van der Waals surface area contributed by atoms with E-state index >= 15 is 0 Å². The molecular weight excluding hydrogens is 366 g/mol. The minimum Gasteiger partial charge on any atom is -0.324 e. The lowest BCUT2D eigenvalue weighted by Crippen LogP contribution is -2.36. The van der Waals surface area contributed by atoms with Crippen molar-refractivity contribution in [1.82, 2.24) is 14.8 Å². The molecule has 0 unspecified atom stereocenters. The molecule has 1 aliphatic rings. The standard InChI is InChI=1S/C19H16ClN5O2/c1-11-2-4-12(5-3-11)17-23-19-22-16(26)10-15(25(19)24-17)18(27)21-14-8-6-13(20)7-9-14/h2-9,15H,10H2,1H3,(H,21,27)(H,22,23,24,26)/t15-/m0/s1.